The van der Waals surface area contributed by atoms with Gasteiger partial charge in [0.25, 0.3) is 0 Å². The van der Waals surface area contributed by atoms with Crippen molar-refractivity contribution in [2.24, 2.45) is 0 Å². The van der Waals surface area contributed by atoms with Crippen molar-refractivity contribution >= 4 is 32.7 Å². The largest absolute Gasteiger partial charge is 0.453 e. The summed E-state index contributed by atoms with van der Waals surface area (Å²) < 4.78 is 6.73. The fourth-order valence-corrected chi connectivity index (χ4v) is 2.72. The molecule has 0 aliphatic rings. The van der Waals surface area contributed by atoms with Crippen molar-refractivity contribution in [2.75, 3.05) is 0 Å². The van der Waals surface area contributed by atoms with E-state index < -0.39 is 0 Å². The number of halogens is 1. The Morgan fingerprint density at radius 1 is 1.00 bits per heavy atom. The predicted octanol–water partition coefficient (Wildman–Crippen LogP) is 5.35. The lowest BCUT2D eigenvalue weighted by atomic mass is 10.0. The van der Waals surface area contributed by atoms with E-state index in [1.54, 1.807) is 0 Å². The topological polar surface area (TPSA) is 30.2 Å². The second kappa shape index (κ2) is 5.15. The summed E-state index contributed by atoms with van der Waals surface area (Å²) in [4.78, 5) is 12.6. The molecule has 0 aliphatic heterocycles. The van der Waals surface area contributed by atoms with Gasteiger partial charge in [-0.1, -0.05) is 27.6 Å². The summed E-state index contributed by atoms with van der Waals surface area (Å²) in [5.74, 6) is 0.305. The van der Waals surface area contributed by atoms with E-state index in [9.17, 15) is 4.79 Å². The molecule has 2 nitrogen and oxygen atoms in total. The number of hydrogen-bond donors (Lipinski definition) is 0. The van der Waals surface area contributed by atoms with Crippen LogP contribution in [0.15, 0.2) is 45.3 Å². The van der Waals surface area contributed by atoms with Gasteiger partial charge in [-0.05, 0) is 62.2 Å². The van der Waals surface area contributed by atoms with Crippen LogP contribution in [-0.2, 0) is 0 Å². The van der Waals surface area contributed by atoms with Crippen molar-refractivity contribution in [3.05, 3.63) is 68.9 Å². The Bertz CT molecular complexity index is 836. The molecule has 2 aromatic carbocycles. The second-order valence-electron chi connectivity index (χ2n) is 5.41. The highest BCUT2D eigenvalue weighted by atomic mass is 79.9. The van der Waals surface area contributed by atoms with Crippen molar-refractivity contribution in [1.82, 2.24) is 0 Å². The lowest BCUT2D eigenvalue weighted by Crippen LogP contribution is -2.01. The average molecular weight is 343 g/mol. The van der Waals surface area contributed by atoms with Crippen LogP contribution >= 0.6 is 15.9 Å². The summed E-state index contributed by atoms with van der Waals surface area (Å²) in [6, 6.07) is 11.5. The fourth-order valence-electron chi connectivity index (χ4n) is 2.49. The van der Waals surface area contributed by atoms with E-state index in [4.69, 9.17) is 4.42 Å². The maximum atomic E-state index is 12.6. The summed E-state index contributed by atoms with van der Waals surface area (Å²) >= 11 is 3.52. The zero-order chi connectivity index (χ0) is 15.1. The third kappa shape index (κ3) is 2.54. The SMILES string of the molecule is Cc1ccc2oc(C(=O)c3cc(C)c(Br)c(C)c3)cc2c1. The van der Waals surface area contributed by atoms with Crippen LogP contribution in [-0.4, -0.2) is 5.78 Å². The van der Waals surface area contributed by atoms with Crippen LogP contribution in [0, 0.1) is 20.8 Å². The number of fused-ring (bicyclic) bond motifs is 1. The lowest BCUT2D eigenvalue weighted by Gasteiger charge is -2.05. The van der Waals surface area contributed by atoms with Gasteiger partial charge in [0.05, 0.1) is 0 Å². The Balaban J connectivity index is 2.08. The molecule has 0 saturated heterocycles. The molecule has 0 fully saturated rings. The van der Waals surface area contributed by atoms with E-state index in [1.807, 2.05) is 57.2 Å². The first-order valence-electron chi connectivity index (χ1n) is 6.77. The number of hydrogen-bond acceptors (Lipinski definition) is 2. The molecule has 0 N–H and O–H groups in total. The standard InChI is InChI=1S/C18H15BrO2/c1-10-4-5-15-13(6-10)9-16(21-15)18(20)14-7-11(2)17(19)12(3)8-14/h4-9H,1-3H3. The first-order valence-corrected chi connectivity index (χ1v) is 7.56. The average Bonchev–Trinajstić information content (AvgIpc) is 2.86. The highest BCUT2D eigenvalue weighted by molar-refractivity contribution is 9.10. The van der Waals surface area contributed by atoms with Crippen LogP contribution in [0.25, 0.3) is 11.0 Å². The van der Waals surface area contributed by atoms with Crippen molar-refractivity contribution in [3.8, 4) is 0 Å². The van der Waals surface area contributed by atoms with Gasteiger partial charge in [0.15, 0.2) is 5.76 Å². The Morgan fingerprint density at radius 2 is 1.67 bits per heavy atom. The zero-order valence-corrected chi connectivity index (χ0v) is 13.7. The Kier molecular flexibility index (Phi) is 3.46. The van der Waals surface area contributed by atoms with Crippen LogP contribution < -0.4 is 0 Å². The highest BCUT2D eigenvalue weighted by Gasteiger charge is 2.16. The summed E-state index contributed by atoms with van der Waals surface area (Å²) in [5, 5.41) is 0.962. The molecule has 1 aromatic heterocycles. The molecule has 3 heteroatoms. The summed E-state index contributed by atoms with van der Waals surface area (Å²) in [7, 11) is 0. The molecule has 0 radical (unpaired) electrons. The van der Waals surface area contributed by atoms with Crippen LogP contribution in [0.4, 0.5) is 0 Å². The van der Waals surface area contributed by atoms with Crippen LogP contribution in [0.5, 0.6) is 0 Å². The molecule has 0 aliphatic carbocycles. The molecule has 0 bridgehead atoms. The number of benzene rings is 2. The van der Waals surface area contributed by atoms with Gasteiger partial charge in [0.2, 0.25) is 5.78 Å². The third-order valence-corrected chi connectivity index (χ3v) is 4.85. The minimum atomic E-state index is -0.0810. The van der Waals surface area contributed by atoms with Gasteiger partial charge in [-0.25, -0.2) is 0 Å². The molecule has 0 saturated carbocycles. The normalized spacial score (nSPS) is 11.0. The monoisotopic (exact) mass is 342 g/mol. The van der Waals surface area contributed by atoms with Gasteiger partial charge in [-0.15, -0.1) is 0 Å². The number of carbonyl (C=O) groups is 1. The number of rotatable bonds is 2. The van der Waals surface area contributed by atoms with Crippen LogP contribution in [0.2, 0.25) is 0 Å². The molecular formula is C18H15BrO2. The molecule has 1 heterocycles. The van der Waals surface area contributed by atoms with E-state index in [1.165, 1.54) is 0 Å². The number of aryl methyl sites for hydroxylation is 3. The van der Waals surface area contributed by atoms with Crippen molar-refractivity contribution in [3.63, 3.8) is 0 Å². The van der Waals surface area contributed by atoms with Crippen molar-refractivity contribution < 1.29 is 9.21 Å². The van der Waals surface area contributed by atoms with E-state index in [0.717, 1.165) is 32.1 Å². The van der Waals surface area contributed by atoms with Gasteiger partial charge < -0.3 is 4.42 Å². The van der Waals surface area contributed by atoms with Crippen molar-refractivity contribution in [2.45, 2.75) is 20.8 Å². The fraction of sp³-hybridized carbons (Fsp3) is 0.167. The van der Waals surface area contributed by atoms with Crippen molar-refractivity contribution in [1.29, 1.82) is 0 Å². The third-order valence-electron chi connectivity index (χ3n) is 3.59. The molecule has 3 aromatic rings. The lowest BCUT2D eigenvalue weighted by molar-refractivity contribution is 0.101. The molecule has 0 amide bonds. The molecule has 106 valence electrons. The van der Waals surface area contributed by atoms with Gasteiger partial charge in [-0.2, -0.15) is 0 Å². The van der Waals surface area contributed by atoms with Crippen LogP contribution in [0.1, 0.15) is 32.8 Å². The van der Waals surface area contributed by atoms with E-state index in [2.05, 4.69) is 15.9 Å². The molecular weight excluding hydrogens is 328 g/mol. The summed E-state index contributed by atoms with van der Waals surface area (Å²) in [5.41, 5.74) is 4.65. The number of ketones is 1. The Labute approximate surface area is 131 Å². The van der Waals surface area contributed by atoms with Gasteiger partial charge in [-0.3, -0.25) is 4.79 Å². The quantitative estimate of drug-likeness (QED) is 0.587. The van der Waals surface area contributed by atoms with Gasteiger partial charge >= 0.3 is 0 Å². The molecule has 0 atom stereocenters. The minimum absolute atomic E-state index is 0.0810. The molecule has 0 unspecified atom stereocenters. The van der Waals surface area contributed by atoms with Crippen LogP contribution in [0.3, 0.4) is 0 Å². The zero-order valence-electron chi connectivity index (χ0n) is 12.2. The molecule has 3 rings (SSSR count). The van der Waals surface area contributed by atoms with Gasteiger partial charge in [0, 0.05) is 15.4 Å². The summed E-state index contributed by atoms with van der Waals surface area (Å²) in [6.07, 6.45) is 0. The number of furan rings is 1. The maximum absolute atomic E-state index is 12.6. The molecule has 21 heavy (non-hydrogen) atoms. The minimum Gasteiger partial charge on any atom is -0.453 e. The van der Waals surface area contributed by atoms with E-state index in [0.29, 0.717) is 11.3 Å². The summed E-state index contributed by atoms with van der Waals surface area (Å²) in [6.45, 7) is 5.99. The Hall–Kier alpha value is -1.87. The first kappa shape index (κ1) is 14.1. The first-order chi connectivity index (χ1) is 9.95. The Morgan fingerprint density at radius 3 is 2.33 bits per heavy atom. The maximum Gasteiger partial charge on any atom is 0.228 e. The highest BCUT2D eigenvalue weighted by Crippen LogP contribution is 2.26. The van der Waals surface area contributed by atoms with Gasteiger partial charge in [0.1, 0.15) is 5.58 Å². The van der Waals surface area contributed by atoms with E-state index >= 15 is 0 Å². The number of carbonyl (C=O) groups excluding carboxylic acids is 1. The smallest absolute Gasteiger partial charge is 0.228 e. The second-order valence-corrected chi connectivity index (χ2v) is 6.20. The molecule has 0 spiro atoms. The van der Waals surface area contributed by atoms with E-state index in [-0.39, 0.29) is 5.78 Å². The predicted molar refractivity (Wildman–Crippen MR) is 88.0 cm³/mol.